The Morgan fingerprint density at radius 3 is 2.86 bits per heavy atom. The number of carboxylic acid groups (broad SMARTS) is 1. The average molecular weight is 311 g/mol. The van der Waals surface area contributed by atoms with Crippen LogP contribution in [0.25, 0.3) is 11.0 Å². The third kappa shape index (κ3) is 3.33. The molecule has 0 aliphatic heterocycles. The van der Waals surface area contributed by atoms with Crippen molar-refractivity contribution in [3.8, 4) is 0 Å². The summed E-state index contributed by atoms with van der Waals surface area (Å²) in [5, 5.41) is 9.13. The predicted octanol–water partition coefficient (Wildman–Crippen LogP) is 1.79. The lowest BCUT2D eigenvalue weighted by molar-refractivity contribution is -0.134. The second kappa shape index (κ2) is 6.13. The third-order valence-corrected chi connectivity index (χ3v) is 3.84. The summed E-state index contributed by atoms with van der Waals surface area (Å²) in [7, 11) is 0. The molecule has 21 heavy (non-hydrogen) atoms. The van der Waals surface area contributed by atoms with E-state index in [4.69, 9.17) is 10.8 Å². The first-order valence-corrected chi connectivity index (χ1v) is 7.18. The van der Waals surface area contributed by atoms with Gasteiger partial charge in [-0.15, -0.1) is 0 Å². The number of para-hydroxylation sites is 1. The highest BCUT2D eigenvalue weighted by atomic mass is 32.2. The molecule has 2 rings (SSSR count). The van der Waals surface area contributed by atoms with E-state index in [0.717, 1.165) is 11.8 Å². The molecular weight excluding hydrogens is 297 g/mol. The highest BCUT2D eigenvalue weighted by Crippen LogP contribution is 2.30. The number of primary amides is 1. The Bertz CT molecular complexity index is 701. The Morgan fingerprint density at radius 1 is 1.52 bits per heavy atom. The van der Waals surface area contributed by atoms with Crippen LogP contribution in [0.3, 0.4) is 0 Å². The summed E-state index contributed by atoms with van der Waals surface area (Å²) >= 11 is 0.979. The van der Waals surface area contributed by atoms with Crippen molar-refractivity contribution in [1.29, 1.82) is 0 Å². The molecule has 112 valence electrons. The number of halogens is 1. The van der Waals surface area contributed by atoms with Crippen LogP contribution in [0.4, 0.5) is 4.39 Å². The highest BCUT2D eigenvalue weighted by molar-refractivity contribution is 7.99. The second-order valence-corrected chi connectivity index (χ2v) is 5.52. The first kappa shape index (κ1) is 15.3. The van der Waals surface area contributed by atoms with Gasteiger partial charge >= 0.3 is 5.97 Å². The number of amides is 1. The standard InChI is InChI=1S/C13H14FN3O3S/c1-7(5-10(15)18)17-9-4-2-3-8(14)12(9)16-13(17)21-6-11(19)20/h2-4,7H,5-6H2,1H3,(H2,15,18)(H,19,20). The maximum Gasteiger partial charge on any atom is 0.313 e. The van der Waals surface area contributed by atoms with Crippen molar-refractivity contribution in [2.75, 3.05) is 5.75 Å². The van der Waals surface area contributed by atoms with Gasteiger partial charge in [0.05, 0.1) is 11.3 Å². The number of carbonyl (C=O) groups is 2. The largest absolute Gasteiger partial charge is 0.481 e. The molecule has 1 atom stereocenters. The molecule has 0 spiro atoms. The minimum atomic E-state index is -0.998. The number of imidazole rings is 1. The lowest BCUT2D eigenvalue weighted by Crippen LogP contribution is -2.18. The Hall–Kier alpha value is -2.09. The number of aromatic nitrogens is 2. The first-order valence-electron chi connectivity index (χ1n) is 6.19. The van der Waals surface area contributed by atoms with Crippen molar-refractivity contribution in [3.05, 3.63) is 24.0 Å². The van der Waals surface area contributed by atoms with Crippen molar-refractivity contribution in [3.63, 3.8) is 0 Å². The van der Waals surface area contributed by atoms with Crippen LogP contribution >= 0.6 is 11.8 Å². The fourth-order valence-corrected chi connectivity index (χ4v) is 2.92. The van der Waals surface area contributed by atoms with Gasteiger partial charge in [0.15, 0.2) is 11.0 Å². The summed E-state index contributed by atoms with van der Waals surface area (Å²) in [6.45, 7) is 1.75. The molecule has 1 aromatic heterocycles. The number of nitrogens with two attached hydrogens (primary N) is 1. The molecule has 1 aromatic carbocycles. The average Bonchev–Trinajstić information content (AvgIpc) is 2.75. The predicted molar refractivity (Wildman–Crippen MR) is 76.6 cm³/mol. The molecule has 0 aliphatic rings. The van der Waals surface area contributed by atoms with E-state index in [0.29, 0.717) is 10.7 Å². The van der Waals surface area contributed by atoms with Crippen LogP contribution in [0.15, 0.2) is 23.4 Å². The van der Waals surface area contributed by atoms with E-state index in [9.17, 15) is 14.0 Å². The summed E-state index contributed by atoms with van der Waals surface area (Å²) in [6, 6.07) is 4.15. The van der Waals surface area contributed by atoms with Gasteiger partial charge in [0.25, 0.3) is 0 Å². The fourth-order valence-electron chi connectivity index (χ4n) is 2.10. The molecule has 0 bridgehead atoms. The number of benzene rings is 1. The van der Waals surface area contributed by atoms with E-state index < -0.39 is 17.7 Å². The lowest BCUT2D eigenvalue weighted by Gasteiger charge is -2.15. The van der Waals surface area contributed by atoms with Gasteiger partial charge in [0.2, 0.25) is 5.91 Å². The number of hydrogen-bond donors (Lipinski definition) is 2. The Morgan fingerprint density at radius 2 is 2.24 bits per heavy atom. The van der Waals surface area contributed by atoms with Crippen molar-refractivity contribution in [2.24, 2.45) is 5.73 Å². The maximum atomic E-state index is 13.8. The molecule has 1 unspecified atom stereocenters. The van der Waals surface area contributed by atoms with Crippen LogP contribution in [0, 0.1) is 5.82 Å². The lowest BCUT2D eigenvalue weighted by atomic mass is 10.2. The summed E-state index contributed by atoms with van der Waals surface area (Å²) in [5.41, 5.74) is 5.86. The Labute approximate surface area is 124 Å². The van der Waals surface area contributed by atoms with Crippen LogP contribution in [0.5, 0.6) is 0 Å². The molecule has 1 amide bonds. The molecule has 1 heterocycles. The normalized spacial score (nSPS) is 12.5. The summed E-state index contributed by atoms with van der Waals surface area (Å²) in [6.07, 6.45) is 0.0581. The van der Waals surface area contributed by atoms with E-state index in [1.54, 1.807) is 23.6 Å². The zero-order chi connectivity index (χ0) is 15.6. The number of fused-ring (bicyclic) bond motifs is 1. The third-order valence-electron chi connectivity index (χ3n) is 2.90. The molecule has 0 fully saturated rings. The number of thioether (sulfide) groups is 1. The summed E-state index contributed by atoms with van der Waals surface area (Å²) in [5.74, 6) is -2.18. The quantitative estimate of drug-likeness (QED) is 0.793. The van der Waals surface area contributed by atoms with Crippen molar-refractivity contribution >= 4 is 34.7 Å². The molecular formula is C13H14FN3O3S. The SMILES string of the molecule is CC(CC(N)=O)n1c(SCC(=O)O)nc2c(F)cccc21. The van der Waals surface area contributed by atoms with Crippen LogP contribution in [-0.2, 0) is 9.59 Å². The zero-order valence-electron chi connectivity index (χ0n) is 11.2. The van der Waals surface area contributed by atoms with Gasteiger partial charge in [-0.25, -0.2) is 9.37 Å². The van der Waals surface area contributed by atoms with Gasteiger partial charge in [0, 0.05) is 12.5 Å². The number of hydrogen-bond acceptors (Lipinski definition) is 4. The van der Waals surface area contributed by atoms with Gasteiger partial charge in [-0.05, 0) is 19.1 Å². The maximum absolute atomic E-state index is 13.8. The molecule has 3 N–H and O–H groups in total. The Balaban J connectivity index is 2.51. The molecule has 6 nitrogen and oxygen atoms in total. The van der Waals surface area contributed by atoms with Crippen LogP contribution in [-0.4, -0.2) is 32.3 Å². The second-order valence-electron chi connectivity index (χ2n) is 4.57. The van der Waals surface area contributed by atoms with E-state index >= 15 is 0 Å². The van der Waals surface area contributed by atoms with E-state index in [2.05, 4.69) is 4.98 Å². The van der Waals surface area contributed by atoms with E-state index in [-0.39, 0.29) is 23.7 Å². The van der Waals surface area contributed by atoms with Crippen molar-refractivity contribution in [2.45, 2.75) is 24.5 Å². The fraction of sp³-hybridized carbons (Fsp3) is 0.308. The number of rotatable bonds is 6. The molecule has 0 aliphatic carbocycles. The monoisotopic (exact) mass is 311 g/mol. The van der Waals surface area contributed by atoms with Crippen molar-refractivity contribution in [1.82, 2.24) is 9.55 Å². The zero-order valence-corrected chi connectivity index (χ0v) is 12.1. The molecule has 2 aromatic rings. The van der Waals surface area contributed by atoms with Crippen LogP contribution < -0.4 is 5.73 Å². The van der Waals surface area contributed by atoms with Gasteiger partial charge < -0.3 is 15.4 Å². The topological polar surface area (TPSA) is 98.2 Å². The van der Waals surface area contributed by atoms with Gasteiger partial charge in [-0.2, -0.15) is 0 Å². The molecule has 0 saturated heterocycles. The summed E-state index contributed by atoms with van der Waals surface area (Å²) < 4.78 is 15.5. The summed E-state index contributed by atoms with van der Waals surface area (Å²) in [4.78, 5) is 26.0. The number of nitrogens with zero attached hydrogens (tertiary/aromatic N) is 2. The van der Waals surface area contributed by atoms with E-state index in [1.807, 2.05) is 0 Å². The Kier molecular flexibility index (Phi) is 4.46. The van der Waals surface area contributed by atoms with Crippen LogP contribution in [0.2, 0.25) is 0 Å². The highest BCUT2D eigenvalue weighted by Gasteiger charge is 2.20. The van der Waals surface area contributed by atoms with Gasteiger partial charge in [-0.1, -0.05) is 17.8 Å². The molecule has 0 saturated carbocycles. The first-order chi connectivity index (χ1) is 9.90. The number of carbonyl (C=O) groups excluding carboxylic acids is 1. The molecule has 8 heteroatoms. The number of carboxylic acids is 1. The van der Waals surface area contributed by atoms with E-state index in [1.165, 1.54) is 6.07 Å². The minimum absolute atomic E-state index is 0.0581. The van der Waals surface area contributed by atoms with Gasteiger partial charge in [0.1, 0.15) is 5.52 Å². The van der Waals surface area contributed by atoms with Gasteiger partial charge in [-0.3, -0.25) is 9.59 Å². The molecule has 0 radical (unpaired) electrons. The number of aliphatic carboxylic acids is 1. The minimum Gasteiger partial charge on any atom is -0.481 e. The van der Waals surface area contributed by atoms with Crippen molar-refractivity contribution < 1.29 is 19.1 Å². The smallest absolute Gasteiger partial charge is 0.313 e. The van der Waals surface area contributed by atoms with Crippen LogP contribution in [0.1, 0.15) is 19.4 Å².